The van der Waals surface area contributed by atoms with Crippen LogP contribution < -0.4 is 0 Å². The highest BCUT2D eigenvalue weighted by Gasteiger charge is 2.03. The Morgan fingerprint density at radius 1 is 1.07 bits per heavy atom. The van der Waals surface area contributed by atoms with Crippen molar-refractivity contribution in [1.29, 1.82) is 0 Å². The van der Waals surface area contributed by atoms with Gasteiger partial charge in [0.2, 0.25) is 0 Å². The summed E-state index contributed by atoms with van der Waals surface area (Å²) in [6, 6.07) is 13.1. The van der Waals surface area contributed by atoms with Crippen molar-refractivity contribution in [2.75, 3.05) is 6.26 Å². The van der Waals surface area contributed by atoms with E-state index in [0.29, 0.717) is 0 Å². The average Bonchev–Trinajstić information content (AvgIpc) is 2.27. The highest BCUT2D eigenvalue weighted by molar-refractivity contribution is 7.98. The fourth-order valence-corrected chi connectivity index (χ4v) is 2.51. The monoisotopic (exact) mass is 202 g/mol. The van der Waals surface area contributed by atoms with E-state index in [-0.39, 0.29) is 0 Å². The number of hydrogen-bond donors (Lipinski definition) is 0. The Morgan fingerprint density at radius 3 is 2.43 bits per heavy atom. The highest BCUT2D eigenvalue weighted by Crippen LogP contribution is 2.29. The molecule has 0 aliphatic carbocycles. The van der Waals surface area contributed by atoms with Gasteiger partial charge in [-0.25, -0.2) is 0 Å². The molecule has 0 saturated carbocycles. The number of hydrogen-bond acceptors (Lipinski definition) is 1. The Balaban J connectivity index is 2.81. The van der Waals surface area contributed by atoms with E-state index >= 15 is 0 Å². The normalized spacial score (nSPS) is 10.7. The third-order valence-corrected chi connectivity index (χ3v) is 3.33. The van der Waals surface area contributed by atoms with Gasteiger partial charge in [0.1, 0.15) is 0 Å². The van der Waals surface area contributed by atoms with Gasteiger partial charge in [-0.15, -0.1) is 11.8 Å². The summed E-state index contributed by atoms with van der Waals surface area (Å²) in [6.07, 6.45) is 3.25. The minimum Gasteiger partial charge on any atom is -0.129 e. The molecule has 0 saturated heterocycles. The van der Waals surface area contributed by atoms with Gasteiger partial charge in [-0.05, 0) is 35.1 Å². The molecule has 14 heavy (non-hydrogen) atoms. The molecule has 0 heterocycles. The lowest BCUT2D eigenvalue weighted by Gasteiger charge is -2.08. The molecule has 2 aromatic rings. The molecule has 0 nitrogen and oxygen atoms in total. The predicted molar refractivity (Wildman–Crippen MR) is 65.1 cm³/mol. The SMILES string of the molecule is CCc1cccc2cccc(SC)c12. The molecular weight excluding hydrogens is 188 g/mol. The van der Waals surface area contributed by atoms with Crippen LogP contribution in [-0.4, -0.2) is 6.26 Å². The zero-order valence-corrected chi connectivity index (χ0v) is 9.40. The van der Waals surface area contributed by atoms with Crippen LogP contribution in [0.25, 0.3) is 10.8 Å². The van der Waals surface area contributed by atoms with Crippen molar-refractivity contribution in [3.05, 3.63) is 42.0 Å². The lowest BCUT2D eigenvalue weighted by molar-refractivity contribution is 1.15. The fraction of sp³-hybridized carbons (Fsp3) is 0.231. The van der Waals surface area contributed by atoms with Crippen LogP contribution in [-0.2, 0) is 6.42 Å². The zero-order chi connectivity index (χ0) is 9.97. The Kier molecular flexibility index (Phi) is 2.78. The van der Waals surface area contributed by atoms with Gasteiger partial charge in [0.15, 0.2) is 0 Å². The van der Waals surface area contributed by atoms with Crippen LogP contribution in [0.1, 0.15) is 12.5 Å². The van der Waals surface area contributed by atoms with Gasteiger partial charge in [-0.3, -0.25) is 0 Å². The molecule has 2 aromatic carbocycles. The van der Waals surface area contributed by atoms with Gasteiger partial charge in [0.25, 0.3) is 0 Å². The first kappa shape index (κ1) is 9.60. The summed E-state index contributed by atoms with van der Waals surface area (Å²) in [6.45, 7) is 2.21. The zero-order valence-electron chi connectivity index (χ0n) is 8.58. The van der Waals surface area contributed by atoms with Gasteiger partial charge >= 0.3 is 0 Å². The quantitative estimate of drug-likeness (QED) is 0.660. The summed E-state index contributed by atoms with van der Waals surface area (Å²) >= 11 is 1.83. The number of benzene rings is 2. The van der Waals surface area contributed by atoms with E-state index in [2.05, 4.69) is 49.6 Å². The van der Waals surface area contributed by atoms with Crippen molar-refractivity contribution in [1.82, 2.24) is 0 Å². The van der Waals surface area contributed by atoms with E-state index in [9.17, 15) is 0 Å². The first-order chi connectivity index (χ1) is 6.86. The van der Waals surface area contributed by atoms with Crippen LogP contribution in [0.15, 0.2) is 41.3 Å². The minimum atomic E-state index is 1.11. The molecular formula is C13H14S. The van der Waals surface area contributed by atoms with Crippen LogP contribution in [0, 0.1) is 0 Å². The molecule has 0 aliphatic heterocycles. The van der Waals surface area contributed by atoms with E-state index in [1.165, 1.54) is 21.2 Å². The van der Waals surface area contributed by atoms with Crippen molar-refractivity contribution in [3.8, 4) is 0 Å². The standard InChI is InChI=1S/C13H14S/c1-3-10-6-4-7-11-8-5-9-12(14-2)13(10)11/h4-9H,3H2,1-2H3. The van der Waals surface area contributed by atoms with E-state index in [4.69, 9.17) is 0 Å². The van der Waals surface area contributed by atoms with Gasteiger partial charge in [0, 0.05) is 4.90 Å². The van der Waals surface area contributed by atoms with Crippen LogP contribution in [0.2, 0.25) is 0 Å². The van der Waals surface area contributed by atoms with Crippen molar-refractivity contribution >= 4 is 22.5 Å². The maximum absolute atomic E-state index is 2.22. The number of thioether (sulfide) groups is 1. The van der Waals surface area contributed by atoms with Crippen molar-refractivity contribution in [2.24, 2.45) is 0 Å². The predicted octanol–water partition coefficient (Wildman–Crippen LogP) is 4.12. The molecule has 0 amide bonds. The van der Waals surface area contributed by atoms with E-state index in [0.717, 1.165) is 6.42 Å². The molecule has 0 atom stereocenters. The van der Waals surface area contributed by atoms with Gasteiger partial charge < -0.3 is 0 Å². The van der Waals surface area contributed by atoms with E-state index in [1.807, 2.05) is 11.8 Å². The molecule has 0 aliphatic rings. The maximum atomic E-state index is 2.22. The molecule has 2 rings (SSSR count). The molecule has 0 unspecified atom stereocenters. The molecule has 0 N–H and O–H groups in total. The number of fused-ring (bicyclic) bond motifs is 1. The Morgan fingerprint density at radius 2 is 1.79 bits per heavy atom. The summed E-state index contributed by atoms with van der Waals surface area (Å²) < 4.78 is 0. The molecule has 0 fully saturated rings. The van der Waals surface area contributed by atoms with Crippen LogP contribution >= 0.6 is 11.8 Å². The average molecular weight is 202 g/mol. The molecule has 0 radical (unpaired) electrons. The van der Waals surface area contributed by atoms with Crippen LogP contribution in [0.5, 0.6) is 0 Å². The Labute approximate surface area is 89.3 Å². The van der Waals surface area contributed by atoms with Gasteiger partial charge in [-0.2, -0.15) is 0 Å². The third kappa shape index (κ3) is 1.53. The summed E-state index contributed by atoms with van der Waals surface area (Å²) in [7, 11) is 0. The largest absolute Gasteiger partial charge is 0.129 e. The summed E-state index contributed by atoms with van der Waals surface area (Å²) in [5.74, 6) is 0. The second kappa shape index (κ2) is 4.05. The summed E-state index contributed by atoms with van der Waals surface area (Å²) in [5, 5.41) is 2.79. The lowest BCUT2D eigenvalue weighted by atomic mass is 10.0. The van der Waals surface area contributed by atoms with Crippen molar-refractivity contribution in [2.45, 2.75) is 18.2 Å². The van der Waals surface area contributed by atoms with E-state index < -0.39 is 0 Å². The molecule has 72 valence electrons. The highest BCUT2D eigenvalue weighted by atomic mass is 32.2. The van der Waals surface area contributed by atoms with Gasteiger partial charge in [0.05, 0.1) is 0 Å². The topological polar surface area (TPSA) is 0 Å². The first-order valence-electron chi connectivity index (χ1n) is 4.91. The Bertz CT molecular complexity index is 407. The van der Waals surface area contributed by atoms with Crippen molar-refractivity contribution in [3.63, 3.8) is 0 Å². The molecule has 0 spiro atoms. The van der Waals surface area contributed by atoms with Crippen LogP contribution in [0.4, 0.5) is 0 Å². The molecule has 1 heteroatoms. The van der Waals surface area contributed by atoms with E-state index in [1.54, 1.807) is 0 Å². The smallest absolute Gasteiger partial charge is 0.0150 e. The second-order valence-electron chi connectivity index (χ2n) is 3.33. The number of rotatable bonds is 2. The maximum Gasteiger partial charge on any atom is 0.0150 e. The molecule has 0 aromatic heterocycles. The number of aryl methyl sites for hydroxylation is 1. The lowest BCUT2D eigenvalue weighted by Crippen LogP contribution is -1.85. The molecule has 0 bridgehead atoms. The third-order valence-electron chi connectivity index (χ3n) is 2.55. The van der Waals surface area contributed by atoms with Gasteiger partial charge in [-0.1, -0.05) is 37.3 Å². The first-order valence-corrected chi connectivity index (χ1v) is 6.14. The minimum absolute atomic E-state index is 1.11. The summed E-state index contributed by atoms with van der Waals surface area (Å²) in [4.78, 5) is 1.39. The van der Waals surface area contributed by atoms with Crippen LogP contribution in [0.3, 0.4) is 0 Å². The Hall–Kier alpha value is -0.950. The van der Waals surface area contributed by atoms with Crippen molar-refractivity contribution < 1.29 is 0 Å². The fourth-order valence-electron chi connectivity index (χ4n) is 1.85. The second-order valence-corrected chi connectivity index (χ2v) is 4.18. The summed E-state index contributed by atoms with van der Waals surface area (Å²) in [5.41, 5.74) is 1.45.